The van der Waals surface area contributed by atoms with Gasteiger partial charge in [-0.2, -0.15) is 13.2 Å². The number of carbonyl (C=O) groups is 1. The van der Waals surface area contributed by atoms with Gasteiger partial charge >= 0.3 is 6.18 Å². The van der Waals surface area contributed by atoms with E-state index in [0.717, 1.165) is 18.4 Å². The molecule has 1 amide bonds. The lowest BCUT2D eigenvalue weighted by molar-refractivity contribution is -0.137. The molecule has 0 radical (unpaired) electrons. The highest BCUT2D eigenvalue weighted by Gasteiger charge is 2.31. The van der Waals surface area contributed by atoms with Crippen LogP contribution in [0, 0.1) is 6.92 Å². The molecule has 0 aliphatic heterocycles. The van der Waals surface area contributed by atoms with Crippen LogP contribution >= 0.6 is 0 Å². The van der Waals surface area contributed by atoms with E-state index in [1.54, 1.807) is 6.92 Å². The molecule has 6 nitrogen and oxygen atoms in total. The molecular weight excluding hydrogens is 445 g/mol. The summed E-state index contributed by atoms with van der Waals surface area (Å²) in [4.78, 5) is 13.0. The number of aromatic nitrogens is 1. The van der Waals surface area contributed by atoms with Crippen molar-refractivity contribution in [1.29, 1.82) is 0 Å². The van der Waals surface area contributed by atoms with Gasteiger partial charge in [0.2, 0.25) is 0 Å². The van der Waals surface area contributed by atoms with Crippen LogP contribution in [0.4, 0.5) is 18.9 Å². The first kappa shape index (κ1) is 23.6. The van der Waals surface area contributed by atoms with Crippen LogP contribution in [0.5, 0.6) is 0 Å². The normalized spacial score (nSPS) is 12.1. The van der Waals surface area contributed by atoms with E-state index in [-0.39, 0.29) is 29.2 Å². The van der Waals surface area contributed by atoms with Crippen molar-refractivity contribution in [3.05, 3.63) is 71.4 Å². The third-order valence-electron chi connectivity index (χ3n) is 4.92. The van der Waals surface area contributed by atoms with E-state index in [0.29, 0.717) is 16.9 Å². The molecule has 0 saturated heterocycles. The second kappa shape index (κ2) is 8.79. The highest BCUT2D eigenvalue weighted by Crippen LogP contribution is 2.34. The van der Waals surface area contributed by atoms with E-state index >= 15 is 0 Å². The lowest BCUT2D eigenvalue weighted by Crippen LogP contribution is -2.12. The number of benzene rings is 2. The Morgan fingerprint density at radius 2 is 1.78 bits per heavy atom. The van der Waals surface area contributed by atoms with Gasteiger partial charge in [-0.3, -0.25) is 4.79 Å². The number of hydrogen-bond donors (Lipinski definition) is 2. The predicted molar refractivity (Wildman–Crippen MR) is 114 cm³/mol. The third kappa shape index (κ3) is 5.03. The summed E-state index contributed by atoms with van der Waals surface area (Å²) in [6.45, 7) is 1.43. The molecule has 0 aliphatic rings. The van der Waals surface area contributed by atoms with Gasteiger partial charge in [0, 0.05) is 24.7 Å². The molecule has 3 aromatic rings. The highest BCUT2D eigenvalue weighted by atomic mass is 32.2. The summed E-state index contributed by atoms with van der Waals surface area (Å²) in [6.07, 6.45) is -1.97. The lowest BCUT2D eigenvalue weighted by Gasteiger charge is -2.12. The van der Waals surface area contributed by atoms with Gasteiger partial charge in [-0.1, -0.05) is 12.1 Å². The monoisotopic (exact) mass is 466 g/mol. The van der Waals surface area contributed by atoms with E-state index in [4.69, 9.17) is 0 Å². The maximum atomic E-state index is 13.2. The molecule has 1 heterocycles. The quantitative estimate of drug-likeness (QED) is 0.572. The number of hydrogen-bond acceptors (Lipinski definition) is 4. The Bertz CT molecular complexity index is 1250. The van der Waals surface area contributed by atoms with Crippen LogP contribution in [0.1, 0.15) is 21.5 Å². The van der Waals surface area contributed by atoms with E-state index in [1.807, 2.05) is 0 Å². The average molecular weight is 466 g/mol. The van der Waals surface area contributed by atoms with Gasteiger partial charge < -0.3 is 15.0 Å². The maximum absolute atomic E-state index is 13.2. The first-order valence-corrected chi connectivity index (χ1v) is 11.4. The SMILES string of the molecule is Cc1c(C(=O)Nc2ccc(S(C)(=O)=O)cc2)cn(CCO)c1-c1cccc(C(F)(F)F)c1. The largest absolute Gasteiger partial charge is 0.416 e. The number of alkyl halides is 3. The van der Waals surface area contributed by atoms with Crippen LogP contribution in [-0.4, -0.2) is 36.9 Å². The fraction of sp³-hybridized carbons (Fsp3) is 0.227. The summed E-state index contributed by atoms with van der Waals surface area (Å²) in [5, 5.41) is 12.0. The summed E-state index contributed by atoms with van der Waals surface area (Å²) in [5.41, 5.74) is 0.867. The molecule has 0 aliphatic carbocycles. The molecule has 32 heavy (non-hydrogen) atoms. The topological polar surface area (TPSA) is 88.4 Å². The summed E-state index contributed by atoms with van der Waals surface area (Å²) in [6, 6.07) is 10.4. The van der Waals surface area contributed by atoms with Crippen LogP contribution in [0.15, 0.2) is 59.6 Å². The Balaban J connectivity index is 1.97. The zero-order valence-corrected chi connectivity index (χ0v) is 18.1. The molecular formula is C22H21F3N2O4S. The second-order valence-corrected chi connectivity index (χ2v) is 9.28. The van der Waals surface area contributed by atoms with Crippen molar-refractivity contribution in [2.75, 3.05) is 18.2 Å². The predicted octanol–water partition coefficient (Wildman–Crippen LogP) is 4.13. The maximum Gasteiger partial charge on any atom is 0.416 e. The summed E-state index contributed by atoms with van der Waals surface area (Å²) in [5.74, 6) is -0.514. The number of halogens is 3. The van der Waals surface area contributed by atoms with Crippen LogP contribution in [0.3, 0.4) is 0 Å². The molecule has 3 rings (SSSR count). The summed E-state index contributed by atoms with van der Waals surface area (Å²) >= 11 is 0. The highest BCUT2D eigenvalue weighted by molar-refractivity contribution is 7.90. The standard InChI is InChI=1S/C22H21F3N2O4S/c1-14-19(21(29)26-17-6-8-18(9-7-17)32(2,30)31)13-27(10-11-28)20(14)15-4-3-5-16(12-15)22(23,24)25/h3-9,12-13,28H,10-11H2,1-2H3,(H,26,29). The van der Waals surface area contributed by atoms with Crippen molar-refractivity contribution in [1.82, 2.24) is 4.57 Å². The average Bonchev–Trinajstić information content (AvgIpc) is 3.03. The van der Waals surface area contributed by atoms with Gasteiger partial charge in [0.1, 0.15) is 0 Å². The van der Waals surface area contributed by atoms with Gasteiger partial charge in [-0.05, 0) is 54.4 Å². The number of rotatable bonds is 6. The van der Waals surface area contributed by atoms with Crippen molar-refractivity contribution >= 4 is 21.4 Å². The second-order valence-electron chi connectivity index (χ2n) is 7.26. The number of carbonyl (C=O) groups excluding carboxylic acids is 1. The number of amides is 1. The summed E-state index contributed by atoms with van der Waals surface area (Å²) in [7, 11) is -3.38. The minimum absolute atomic E-state index is 0.0861. The first-order valence-electron chi connectivity index (χ1n) is 9.51. The molecule has 0 fully saturated rings. The zero-order chi connectivity index (χ0) is 23.7. The van der Waals surface area contributed by atoms with Gasteiger partial charge in [0.25, 0.3) is 5.91 Å². The Morgan fingerprint density at radius 3 is 2.34 bits per heavy atom. The van der Waals surface area contributed by atoms with Crippen LogP contribution < -0.4 is 5.32 Å². The Morgan fingerprint density at radius 1 is 1.12 bits per heavy atom. The number of aliphatic hydroxyl groups is 1. The molecule has 2 N–H and O–H groups in total. The fourth-order valence-electron chi connectivity index (χ4n) is 3.38. The van der Waals surface area contributed by atoms with Crippen molar-refractivity contribution in [2.24, 2.45) is 0 Å². The van der Waals surface area contributed by atoms with Gasteiger partial charge in [0.05, 0.1) is 28.3 Å². The molecule has 10 heteroatoms. The molecule has 0 bridgehead atoms. The fourth-order valence-corrected chi connectivity index (χ4v) is 4.01. The van der Waals surface area contributed by atoms with Crippen molar-refractivity contribution in [3.63, 3.8) is 0 Å². The number of nitrogens with one attached hydrogen (secondary N) is 1. The lowest BCUT2D eigenvalue weighted by atomic mass is 10.0. The minimum atomic E-state index is -4.52. The minimum Gasteiger partial charge on any atom is -0.395 e. The van der Waals surface area contributed by atoms with Gasteiger partial charge in [0.15, 0.2) is 9.84 Å². The zero-order valence-electron chi connectivity index (χ0n) is 17.3. The molecule has 0 saturated carbocycles. The third-order valence-corrected chi connectivity index (χ3v) is 6.05. The van der Waals surface area contributed by atoms with Crippen molar-refractivity contribution in [2.45, 2.75) is 24.5 Å². The van der Waals surface area contributed by atoms with E-state index in [1.165, 1.54) is 47.2 Å². The van der Waals surface area contributed by atoms with Crippen molar-refractivity contribution in [3.8, 4) is 11.3 Å². The first-order chi connectivity index (χ1) is 14.9. The molecule has 0 unspecified atom stereocenters. The van der Waals surface area contributed by atoms with Gasteiger partial charge in [-0.15, -0.1) is 0 Å². The number of anilines is 1. The van der Waals surface area contributed by atoms with E-state index in [2.05, 4.69) is 5.32 Å². The smallest absolute Gasteiger partial charge is 0.395 e. The van der Waals surface area contributed by atoms with Crippen molar-refractivity contribution < 1.29 is 31.5 Å². The van der Waals surface area contributed by atoms with Crippen LogP contribution in [0.2, 0.25) is 0 Å². The van der Waals surface area contributed by atoms with Crippen LogP contribution in [0.25, 0.3) is 11.3 Å². The van der Waals surface area contributed by atoms with Gasteiger partial charge in [-0.25, -0.2) is 8.42 Å². The van der Waals surface area contributed by atoms with Crippen LogP contribution in [-0.2, 0) is 22.6 Å². The Hall–Kier alpha value is -3.11. The molecule has 170 valence electrons. The molecule has 1 aromatic heterocycles. The molecule has 0 atom stereocenters. The van der Waals surface area contributed by atoms with E-state index in [9.17, 15) is 31.5 Å². The Labute approximate surface area is 183 Å². The molecule has 0 spiro atoms. The number of nitrogens with zero attached hydrogens (tertiary/aromatic N) is 1. The molecule has 2 aromatic carbocycles. The number of aliphatic hydroxyl groups excluding tert-OH is 1. The Kier molecular flexibility index (Phi) is 6.47. The summed E-state index contributed by atoms with van der Waals surface area (Å²) < 4.78 is 64.2. The van der Waals surface area contributed by atoms with E-state index < -0.39 is 27.5 Å². The number of sulfone groups is 1.